The molecule has 1 unspecified atom stereocenters. The molecule has 0 aliphatic carbocycles. The van der Waals surface area contributed by atoms with Gasteiger partial charge in [-0.2, -0.15) is 5.10 Å². The molecule has 2 aromatic rings. The number of carboxylic acids is 1. The van der Waals surface area contributed by atoms with Crippen molar-refractivity contribution in [2.75, 3.05) is 13.1 Å². The van der Waals surface area contributed by atoms with Gasteiger partial charge in [0.2, 0.25) is 0 Å². The predicted octanol–water partition coefficient (Wildman–Crippen LogP) is 2.51. The molecule has 0 bridgehead atoms. The zero-order chi connectivity index (χ0) is 15.2. The number of hydrogen-bond acceptors (Lipinski definition) is 3. The van der Waals surface area contributed by atoms with Crippen molar-refractivity contribution in [2.45, 2.75) is 13.0 Å². The van der Waals surface area contributed by atoms with Crippen molar-refractivity contribution in [3.05, 3.63) is 60.9 Å². The Morgan fingerprint density at radius 2 is 2.19 bits per heavy atom. The van der Waals surface area contributed by atoms with Gasteiger partial charge in [0.05, 0.1) is 18.4 Å². The summed E-state index contributed by atoms with van der Waals surface area (Å²) < 4.78 is 1.79. The van der Waals surface area contributed by atoms with E-state index in [4.69, 9.17) is 5.11 Å². The number of hydrogen-bond donors (Lipinski definition) is 1. The normalized spacial score (nSPS) is 12.3. The van der Waals surface area contributed by atoms with Crippen LogP contribution in [-0.4, -0.2) is 38.8 Å². The number of rotatable bonds is 7. The summed E-state index contributed by atoms with van der Waals surface area (Å²) >= 11 is 0. The molecule has 0 spiro atoms. The van der Waals surface area contributed by atoms with Crippen molar-refractivity contribution >= 4 is 5.97 Å². The lowest BCUT2D eigenvalue weighted by atomic mass is 10.1. The molecule has 1 aromatic carbocycles. The highest BCUT2D eigenvalue weighted by molar-refractivity contribution is 5.69. The van der Waals surface area contributed by atoms with Crippen LogP contribution in [0, 0.1) is 0 Å². The first-order valence-electron chi connectivity index (χ1n) is 6.78. The van der Waals surface area contributed by atoms with Crippen molar-refractivity contribution in [2.24, 2.45) is 0 Å². The Labute approximate surface area is 124 Å². The van der Waals surface area contributed by atoms with Crippen molar-refractivity contribution in [3.63, 3.8) is 0 Å². The van der Waals surface area contributed by atoms with Gasteiger partial charge in [-0.15, -0.1) is 6.58 Å². The Morgan fingerprint density at radius 1 is 1.48 bits per heavy atom. The van der Waals surface area contributed by atoms with Crippen LogP contribution in [0.2, 0.25) is 0 Å². The Hall–Kier alpha value is -2.40. The van der Waals surface area contributed by atoms with E-state index in [1.54, 1.807) is 17.0 Å². The van der Waals surface area contributed by atoms with Crippen LogP contribution in [0.1, 0.15) is 18.5 Å². The summed E-state index contributed by atoms with van der Waals surface area (Å²) in [5, 5.41) is 13.3. The highest BCUT2D eigenvalue weighted by Crippen LogP contribution is 2.20. The molecule has 0 fully saturated rings. The minimum Gasteiger partial charge on any atom is -0.480 e. The third-order valence-electron chi connectivity index (χ3n) is 3.36. The van der Waals surface area contributed by atoms with Crippen molar-refractivity contribution in [1.29, 1.82) is 0 Å². The number of para-hydroxylation sites is 1. The van der Waals surface area contributed by atoms with E-state index in [2.05, 4.69) is 11.7 Å². The van der Waals surface area contributed by atoms with Gasteiger partial charge in [-0.05, 0) is 19.1 Å². The lowest BCUT2D eigenvalue weighted by molar-refractivity contribution is -0.138. The summed E-state index contributed by atoms with van der Waals surface area (Å²) in [5.41, 5.74) is 1.95. The van der Waals surface area contributed by atoms with Gasteiger partial charge in [0.15, 0.2) is 0 Å². The fourth-order valence-corrected chi connectivity index (χ4v) is 2.18. The van der Waals surface area contributed by atoms with Gasteiger partial charge < -0.3 is 5.11 Å². The van der Waals surface area contributed by atoms with Crippen LogP contribution in [0.5, 0.6) is 0 Å². The molecule has 0 aliphatic rings. The molecule has 5 heteroatoms. The molecular weight excluding hydrogens is 266 g/mol. The van der Waals surface area contributed by atoms with E-state index in [9.17, 15) is 4.79 Å². The molecule has 21 heavy (non-hydrogen) atoms. The Morgan fingerprint density at radius 3 is 2.81 bits per heavy atom. The second-order valence-electron chi connectivity index (χ2n) is 4.84. The fraction of sp³-hybridized carbons (Fsp3) is 0.250. The third kappa shape index (κ3) is 3.79. The quantitative estimate of drug-likeness (QED) is 0.794. The van der Waals surface area contributed by atoms with Crippen LogP contribution in [0.4, 0.5) is 0 Å². The number of carbonyl (C=O) groups is 1. The van der Waals surface area contributed by atoms with E-state index in [0.717, 1.165) is 11.3 Å². The van der Waals surface area contributed by atoms with Crippen LogP contribution >= 0.6 is 0 Å². The first-order valence-corrected chi connectivity index (χ1v) is 6.78. The Balaban J connectivity index is 2.19. The molecule has 2 rings (SSSR count). The smallest absolute Gasteiger partial charge is 0.317 e. The monoisotopic (exact) mass is 285 g/mol. The van der Waals surface area contributed by atoms with E-state index in [-0.39, 0.29) is 12.6 Å². The van der Waals surface area contributed by atoms with Crippen LogP contribution in [-0.2, 0) is 4.79 Å². The van der Waals surface area contributed by atoms with Gasteiger partial charge in [0, 0.05) is 24.3 Å². The molecule has 1 heterocycles. The number of benzene rings is 1. The maximum absolute atomic E-state index is 11.0. The molecular formula is C16H19N3O2. The minimum absolute atomic E-state index is 0.0241. The highest BCUT2D eigenvalue weighted by atomic mass is 16.4. The lowest BCUT2D eigenvalue weighted by Crippen LogP contribution is -2.32. The Kier molecular flexibility index (Phi) is 4.90. The first kappa shape index (κ1) is 15.0. The van der Waals surface area contributed by atoms with E-state index in [0.29, 0.717) is 6.54 Å². The maximum atomic E-state index is 11.0. The topological polar surface area (TPSA) is 58.4 Å². The molecule has 0 aliphatic heterocycles. The zero-order valence-corrected chi connectivity index (χ0v) is 12.0. The lowest BCUT2D eigenvalue weighted by Gasteiger charge is -2.25. The van der Waals surface area contributed by atoms with Crippen LogP contribution in [0.25, 0.3) is 5.69 Å². The summed E-state index contributed by atoms with van der Waals surface area (Å²) in [6.45, 7) is 6.15. The fourth-order valence-electron chi connectivity index (χ4n) is 2.18. The second-order valence-corrected chi connectivity index (χ2v) is 4.84. The van der Waals surface area contributed by atoms with E-state index in [1.165, 1.54) is 0 Å². The van der Waals surface area contributed by atoms with Gasteiger partial charge in [0.1, 0.15) is 0 Å². The Bertz CT molecular complexity index is 607. The molecule has 0 saturated heterocycles. The third-order valence-corrected chi connectivity index (χ3v) is 3.36. The molecule has 1 N–H and O–H groups in total. The van der Waals surface area contributed by atoms with Gasteiger partial charge in [-0.1, -0.05) is 24.3 Å². The molecule has 0 saturated carbocycles. The van der Waals surface area contributed by atoms with Gasteiger partial charge in [-0.25, -0.2) is 4.68 Å². The van der Waals surface area contributed by atoms with E-state index < -0.39 is 5.97 Å². The zero-order valence-electron chi connectivity index (χ0n) is 12.0. The summed E-state index contributed by atoms with van der Waals surface area (Å²) in [6, 6.07) is 9.76. The summed E-state index contributed by atoms with van der Waals surface area (Å²) in [4.78, 5) is 12.8. The van der Waals surface area contributed by atoms with Crippen LogP contribution in [0.15, 0.2) is 55.4 Å². The number of carboxylic acid groups (broad SMARTS) is 1. The van der Waals surface area contributed by atoms with Gasteiger partial charge in [0.25, 0.3) is 0 Å². The average Bonchev–Trinajstić information content (AvgIpc) is 2.96. The molecule has 0 radical (unpaired) electrons. The molecule has 5 nitrogen and oxygen atoms in total. The number of nitrogens with zero attached hydrogens (tertiary/aromatic N) is 3. The van der Waals surface area contributed by atoms with Gasteiger partial charge in [-0.3, -0.25) is 9.69 Å². The van der Waals surface area contributed by atoms with Crippen LogP contribution in [0.3, 0.4) is 0 Å². The van der Waals surface area contributed by atoms with Crippen molar-refractivity contribution in [1.82, 2.24) is 14.7 Å². The first-order chi connectivity index (χ1) is 10.1. The minimum atomic E-state index is -0.848. The van der Waals surface area contributed by atoms with E-state index >= 15 is 0 Å². The average molecular weight is 285 g/mol. The SMILES string of the molecule is C=CCN(CC(=O)O)C(C)c1cnn(-c2ccccc2)c1. The van der Waals surface area contributed by atoms with Gasteiger partial charge >= 0.3 is 5.97 Å². The van der Waals surface area contributed by atoms with Crippen molar-refractivity contribution < 1.29 is 9.90 Å². The summed E-state index contributed by atoms with van der Waals surface area (Å²) in [7, 11) is 0. The predicted molar refractivity (Wildman–Crippen MR) is 81.4 cm³/mol. The summed E-state index contributed by atoms with van der Waals surface area (Å²) in [5.74, 6) is -0.848. The molecule has 1 aromatic heterocycles. The molecule has 110 valence electrons. The second kappa shape index (κ2) is 6.85. The standard InChI is InChI=1S/C16H19N3O2/c1-3-9-18(12-16(20)21)13(2)14-10-17-19(11-14)15-7-5-4-6-8-15/h3-8,10-11,13H,1,9,12H2,2H3,(H,20,21). The number of aromatic nitrogens is 2. The largest absolute Gasteiger partial charge is 0.480 e. The number of aliphatic carboxylic acids is 1. The summed E-state index contributed by atoms with van der Waals surface area (Å²) in [6.07, 6.45) is 5.41. The highest BCUT2D eigenvalue weighted by Gasteiger charge is 2.18. The van der Waals surface area contributed by atoms with Crippen LogP contribution < -0.4 is 0 Å². The molecule has 1 atom stereocenters. The van der Waals surface area contributed by atoms with E-state index in [1.807, 2.05) is 48.4 Å². The van der Waals surface area contributed by atoms with Crippen molar-refractivity contribution in [3.8, 4) is 5.69 Å². The molecule has 0 amide bonds. The maximum Gasteiger partial charge on any atom is 0.317 e.